The van der Waals surface area contributed by atoms with Crippen molar-refractivity contribution in [3.63, 3.8) is 0 Å². The van der Waals surface area contributed by atoms with E-state index in [1.807, 2.05) is 42.5 Å². The second-order valence-electron chi connectivity index (χ2n) is 5.54. The predicted octanol–water partition coefficient (Wildman–Crippen LogP) is 3.11. The predicted molar refractivity (Wildman–Crippen MR) is 79.0 cm³/mol. The van der Waals surface area contributed by atoms with E-state index in [-0.39, 0.29) is 0 Å². The highest BCUT2D eigenvalue weighted by Crippen LogP contribution is 2.31. The maximum atomic E-state index is 11.6. The third kappa shape index (κ3) is 3.52. The maximum Gasteiger partial charge on any atom is 0.312 e. The molecule has 21 heavy (non-hydrogen) atoms. The topological polar surface area (TPSA) is 53.7 Å². The first kappa shape index (κ1) is 13.9. The number of hydrogen-bond acceptors (Lipinski definition) is 3. The van der Waals surface area contributed by atoms with Gasteiger partial charge in [0, 0.05) is 12.6 Å². The molecule has 1 saturated carbocycles. The van der Waals surface area contributed by atoms with Crippen molar-refractivity contribution >= 4 is 5.97 Å². The maximum absolute atomic E-state index is 11.6. The molecule has 4 nitrogen and oxygen atoms in total. The summed E-state index contributed by atoms with van der Waals surface area (Å²) in [6, 6.07) is 13.7. The van der Waals surface area contributed by atoms with Crippen molar-refractivity contribution in [1.29, 1.82) is 0 Å². The standard InChI is InChI=1S/C17H19NO3/c19-17(20)16(13-5-2-1-3-6-13)12-18(14-8-9-14)11-15-7-4-10-21-15/h1-7,10,14,16H,8-9,11-12H2,(H,19,20). The Kier molecular flexibility index (Phi) is 4.06. The van der Waals surface area contributed by atoms with Crippen LogP contribution < -0.4 is 0 Å². The van der Waals surface area contributed by atoms with Crippen LogP contribution in [0.15, 0.2) is 53.1 Å². The summed E-state index contributed by atoms with van der Waals surface area (Å²) in [4.78, 5) is 13.9. The number of hydrogen-bond donors (Lipinski definition) is 1. The van der Waals surface area contributed by atoms with Gasteiger partial charge in [-0.1, -0.05) is 30.3 Å². The van der Waals surface area contributed by atoms with Crippen LogP contribution in [0.5, 0.6) is 0 Å². The molecule has 1 aliphatic carbocycles. The lowest BCUT2D eigenvalue weighted by atomic mass is 9.98. The highest BCUT2D eigenvalue weighted by molar-refractivity contribution is 5.76. The Balaban J connectivity index is 1.75. The number of carbonyl (C=O) groups is 1. The van der Waals surface area contributed by atoms with Crippen molar-refractivity contribution in [2.75, 3.05) is 6.54 Å². The fraction of sp³-hybridized carbons (Fsp3) is 0.353. The second-order valence-corrected chi connectivity index (χ2v) is 5.54. The highest BCUT2D eigenvalue weighted by Gasteiger charge is 2.33. The number of nitrogens with zero attached hydrogens (tertiary/aromatic N) is 1. The lowest BCUT2D eigenvalue weighted by Crippen LogP contribution is -2.33. The van der Waals surface area contributed by atoms with Gasteiger partial charge in [-0.25, -0.2) is 0 Å². The van der Waals surface area contributed by atoms with Gasteiger partial charge in [-0.2, -0.15) is 0 Å². The first-order chi connectivity index (χ1) is 10.2. The molecule has 0 spiro atoms. The number of aliphatic carboxylic acids is 1. The van der Waals surface area contributed by atoms with Gasteiger partial charge in [0.2, 0.25) is 0 Å². The fourth-order valence-electron chi connectivity index (χ4n) is 2.63. The minimum atomic E-state index is -0.772. The average Bonchev–Trinajstić information content (AvgIpc) is 3.21. The van der Waals surface area contributed by atoms with Crippen LogP contribution in [0.3, 0.4) is 0 Å². The van der Waals surface area contributed by atoms with E-state index in [0.717, 1.165) is 24.2 Å². The quantitative estimate of drug-likeness (QED) is 0.849. The molecule has 1 aromatic carbocycles. The molecule has 1 heterocycles. The molecule has 1 N–H and O–H groups in total. The van der Waals surface area contributed by atoms with Gasteiger partial charge in [0.05, 0.1) is 18.7 Å². The number of carboxylic acid groups (broad SMARTS) is 1. The molecule has 1 aliphatic rings. The molecule has 1 fully saturated rings. The van der Waals surface area contributed by atoms with Gasteiger partial charge in [-0.15, -0.1) is 0 Å². The van der Waals surface area contributed by atoms with Crippen LogP contribution >= 0.6 is 0 Å². The molecule has 1 atom stereocenters. The molecule has 0 saturated heterocycles. The van der Waals surface area contributed by atoms with E-state index >= 15 is 0 Å². The largest absolute Gasteiger partial charge is 0.481 e. The van der Waals surface area contributed by atoms with E-state index in [0.29, 0.717) is 19.1 Å². The Morgan fingerprint density at radius 2 is 2.00 bits per heavy atom. The zero-order valence-corrected chi connectivity index (χ0v) is 11.8. The van der Waals surface area contributed by atoms with Crippen LogP contribution in [0, 0.1) is 0 Å². The molecule has 0 radical (unpaired) electrons. The Morgan fingerprint density at radius 1 is 1.24 bits per heavy atom. The van der Waals surface area contributed by atoms with Gasteiger partial charge >= 0.3 is 5.97 Å². The first-order valence-electron chi connectivity index (χ1n) is 7.28. The zero-order chi connectivity index (χ0) is 14.7. The summed E-state index contributed by atoms with van der Waals surface area (Å²) < 4.78 is 5.40. The first-order valence-corrected chi connectivity index (χ1v) is 7.28. The molecule has 1 unspecified atom stereocenters. The van der Waals surface area contributed by atoms with Crippen LogP contribution in [-0.4, -0.2) is 28.6 Å². The van der Waals surface area contributed by atoms with E-state index in [1.165, 1.54) is 0 Å². The molecule has 0 aliphatic heterocycles. The normalized spacial score (nSPS) is 16.0. The van der Waals surface area contributed by atoms with Crippen molar-refractivity contribution in [2.45, 2.75) is 31.3 Å². The summed E-state index contributed by atoms with van der Waals surface area (Å²) >= 11 is 0. The lowest BCUT2D eigenvalue weighted by molar-refractivity contribution is -0.139. The molecule has 110 valence electrons. The van der Waals surface area contributed by atoms with Gasteiger partial charge in [0.15, 0.2) is 0 Å². The summed E-state index contributed by atoms with van der Waals surface area (Å²) in [5, 5.41) is 9.55. The Bertz CT molecular complexity index is 575. The molecule has 1 aromatic heterocycles. The number of benzene rings is 1. The minimum Gasteiger partial charge on any atom is -0.481 e. The summed E-state index contributed by atoms with van der Waals surface area (Å²) in [5.41, 5.74) is 0.857. The number of rotatable bonds is 7. The fourth-order valence-corrected chi connectivity index (χ4v) is 2.63. The molecule has 3 rings (SSSR count). The summed E-state index contributed by atoms with van der Waals surface area (Å²) in [5.74, 6) is -0.382. The molecular formula is C17H19NO3. The summed E-state index contributed by atoms with van der Waals surface area (Å²) in [7, 11) is 0. The van der Waals surface area contributed by atoms with Crippen molar-refractivity contribution in [1.82, 2.24) is 4.90 Å². The third-order valence-corrected chi connectivity index (χ3v) is 3.92. The lowest BCUT2D eigenvalue weighted by Gasteiger charge is -2.25. The third-order valence-electron chi connectivity index (χ3n) is 3.92. The van der Waals surface area contributed by atoms with Gasteiger partial charge in [0.25, 0.3) is 0 Å². The Labute approximate surface area is 124 Å². The molecule has 0 bridgehead atoms. The van der Waals surface area contributed by atoms with Gasteiger partial charge < -0.3 is 9.52 Å². The van der Waals surface area contributed by atoms with Crippen LogP contribution in [0.1, 0.15) is 30.1 Å². The highest BCUT2D eigenvalue weighted by atomic mass is 16.4. The van der Waals surface area contributed by atoms with Crippen molar-refractivity contribution in [3.8, 4) is 0 Å². The van der Waals surface area contributed by atoms with Gasteiger partial charge in [-0.3, -0.25) is 9.69 Å². The van der Waals surface area contributed by atoms with Crippen LogP contribution in [0.2, 0.25) is 0 Å². The van der Waals surface area contributed by atoms with E-state index in [1.54, 1.807) is 6.26 Å². The zero-order valence-electron chi connectivity index (χ0n) is 11.8. The minimum absolute atomic E-state index is 0.487. The van der Waals surface area contributed by atoms with Crippen molar-refractivity contribution in [3.05, 3.63) is 60.1 Å². The number of carboxylic acids is 1. The molecular weight excluding hydrogens is 266 g/mol. The van der Waals surface area contributed by atoms with Crippen molar-refractivity contribution in [2.24, 2.45) is 0 Å². The van der Waals surface area contributed by atoms with Gasteiger partial charge in [0.1, 0.15) is 5.76 Å². The molecule has 2 aromatic rings. The summed E-state index contributed by atoms with van der Waals surface area (Å²) in [6.45, 7) is 1.19. The van der Waals surface area contributed by atoms with Gasteiger partial charge in [-0.05, 0) is 30.5 Å². The van der Waals surface area contributed by atoms with E-state index < -0.39 is 11.9 Å². The van der Waals surface area contributed by atoms with Crippen LogP contribution in [0.4, 0.5) is 0 Å². The van der Waals surface area contributed by atoms with Crippen LogP contribution in [0.25, 0.3) is 0 Å². The summed E-state index contributed by atoms with van der Waals surface area (Å²) in [6.07, 6.45) is 3.94. The average molecular weight is 285 g/mol. The van der Waals surface area contributed by atoms with E-state index in [9.17, 15) is 9.90 Å². The molecule has 0 amide bonds. The van der Waals surface area contributed by atoms with Crippen molar-refractivity contribution < 1.29 is 14.3 Å². The number of furan rings is 1. The molecule has 4 heteroatoms. The monoisotopic (exact) mass is 285 g/mol. The van der Waals surface area contributed by atoms with Crippen LogP contribution in [-0.2, 0) is 11.3 Å². The smallest absolute Gasteiger partial charge is 0.312 e. The Hall–Kier alpha value is -2.07. The SMILES string of the molecule is O=C(O)C(CN(Cc1ccco1)C1CC1)c1ccccc1. The second kappa shape index (κ2) is 6.14. The van der Waals surface area contributed by atoms with E-state index in [4.69, 9.17) is 4.42 Å². The Morgan fingerprint density at radius 3 is 2.57 bits per heavy atom. The van der Waals surface area contributed by atoms with E-state index in [2.05, 4.69) is 4.90 Å².